The topological polar surface area (TPSA) is 83.5 Å². The van der Waals surface area contributed by atoms with Crippen molar-refractivity contribution in [3.05, 3.63) is 70.9 Å². The maximum absolute atomic E-state index is 13.9. The molecule has 182 valence electrons. The van der Waals surface area contributed by atoms with Gasteiger partial charge >= 0.3 is 0 Å². The largest absolute Gasteiger partial charge is 0.283 e. The lowest BCUT2D eigenvalue weighted by atomic mass is 9.98. The van der Waals surface area contributed by atoms with Crippen LogP contribution in [0, 0.1) is 19.8 Å². The molecule has 1 aliphatic heterocycles. The summed E-state index contributed by atoms with van der Waals surface area (Å²) in [5, 5.41) is 2.38. The predicted octanol–water partition coefficient (Wildman–Crippen LogP) is 5.00. The lowest BCUT2D eigenvalue weighted by molar-refractivity contribution is -0.123. The Labute approximate surface area is 213 Å². The van der Waals surface area contributed by atoms with Gasteiger partial charge in [0, 0.05) is 25.5 Å². The Morgan fingerprint density at radius 3 is 2.77 bits per heavy atom. The van der Waals surface area contributed by atoms with Crippen molar-refractivity contribution in [3.8, 4) is 0 Å². The fourth-order valence-electron chi connectivity index (χ4n) is 4.32. The van der Waals surface area contributed by atoms with Gasteiger partial charge in [-0.05, 0) is 73.0 Å². The van der Waals surface area contributed by atoms with Crippen LogP contribution in [0.4, 0.5) is 5.13 Å². The molecule has 0 N–H and O–H groups in total. The first-order valence-corrected chi connectivity index (χ1v) is 14.6. The van der Waals surface area contributed by atoms with Gasteiger partial charge in [-0.3, -0.25) is 14.7 Å². The Balaban J connectivity index is 1.47. The lowest BCUT2D eigenvalue weighted by Crippen LogP contribution is -2.46. The zero-order valence-corrected chi connectivity index (χ0v) is 22.0. The molecule has 4 heterocycles. The fraction of sp³-hybridized carbons (Fsp3) is 0.320. The van der Waals surface area contributed by atoms with Gasteiger partial charge in [0.25, 0.3) is 10.0 Å². The third-order valence-corrected chi connectivity index (χ3v) is 10.7. The normalized spacial score (nSPS) is 17.0. The van der Waals surface area contributed by atoms with Crippen LogP contribution >= 0.6 is 22.7 Å². The molecule has 0 aliphatic carbocycles. The van der Waals surface area contributed by atoms with E-state index < -0.39 is 15.9 Å². The van der Waals surface area contributed by atoms with E-state index in [0.29, 0.717) is 35.3 Å². The molecular weight excluding hydrogens is 501 g/mol. The van der Waals surface area contributed by atoms with Gasteiger partial charge in [0.1, 0.15) is 4.21 Å². The average molecular weight is 527 g/mol. The highest BCUT2D eigenvalue weighted by Gasteiger charge is 2.36. The highest BCUT2D eigenvalue weighted by molar-refractivity contribution is 7.91. The minimum absolute atomic E-state index is 0.104. The van der Waals surface area contributed by atoms with Crippen molar-refractivity contribution >= 4 is 54.0 Å². The van der Waals surface area contributed by atoms with E-state index in [1.165, 1.54) is 32.5 Å². The first-order chi connectivity index (χ1) is 16.8. The quantitative estimate of drug-likeness (QED) is 0.353. The predicted molar refractivity (Wildman–Crippen MR) is 140 cm³/mol. The number of thiazole rings is 1. The van der Waals surface area contributed by atoms with E-state index in [2.05, 4.69) is 24.9 Å². The minimum Gasteiger partial charge on any atom is -0.283 e. The first kappa shape index (κ1) is 24.1. The lowest BCUT2D eigenvalue weighted by Gasteiger charge is -2.33. The first-order valence-electron chi connectivity index (χ1n) is 11.4. The second kappa shape index (κ2) is 9.77. The summed E-state index contributed by atoms with van der Waals surface area (Å²) in [6.07, 6.45) is 4.73. The van der Waals surface area contributed by atoms with Crippen LogP contribution in [0.5, 0.6) is 0 Å². The average Bonchev–Trinajstić information content (AvgIpc) is 3.54. The second-order valence-electron chi connectivity index (χ2n) is 8.82. The number of thiophene rings is 1. The van der Waals surface area contributed by atoms with Crippen LogP contribution < -0.4 is 4.90 Å². The molecule has 1 amide bonds. The van der Waals surface area contributed by atoms with Crippen LogP contribution in [0.2, 0.25) is 0 Å². The van der Waals surface area contributed by atoms with Crippen LogP contribution in [-0.4, -0.2) is 41.7 Å². The zero-order chi connectivity index (χ0) is 24.6. The van der Waals surface area contributed by atoms with E-state index in [1.807, 2.05) is 18.2 Å². The van der Waals surface area contributed by atoms with Gasteiger partial charge in [0.2, 0.25) is 5.91 Å². The SMILES string of the molecule is Cc1cc2nc(N(Cc3cccnc3)C(=O)C3CCCN(S(=O)(=O)c4cccs4)C3)sc2cc1C. The molecule has 0 bridgehead atoms. The second-order valence-corrected chi connectivity index (χ2v) is 12.9. The van der Waals surface area contributed by atoms with Gasteiger partial charge in [-0.1, -0.05) is 23.5 Å². The molecule has 7 nitrogen and oxygen atoms in total. The molecular formula is C25H26N4O3S3. The van der Waals surface area contributed by atoms with E-state index in [0.717, 1.165) is 21.3 Å². The number of nitrogens with zero attached hydrogens (tertiary/aromatic N) is 4. The highest BCUT2D eigenvalue weighted by Crippen LogP contribution is 2.34. The van der Waals surface area contributed by atoms with Gasteiger partial charge in [0.05, 0.1) is 22.7 Å². The molecule has 1 unspecified atom stereocenters. The Kier molecular flexibility index (Phi) is 6.71. The van der Waals surface area contributed by atoms with E-state index in [9.17, 15) is 13.2 Å². The number of fused-ring (bicyclic) bond motifs is 1. The summed E-state index contributed by atoms with van der Waals surface area (Å²) < 4.78 is 29.0. The number of benzene rings is 1. The Morgan fingerprint density at radius 2 is 2.03 bits per heavy atom. The van der Waals surface area contributed by atoms with Crippen molar-refractivity contribution in [1.29, 1.82) is 0 Å². The number of amides is 1. The summed E-state index contributed by atoms with van der Waals surface area (Å²) in [6.45, 7) is 5.05. The number of hydrogen-bond donors (Lipinski definition) is 0. The van der Waals surface area contributed by atoms with E-state index in [4.69, 9.17) is 4.98 Å². The summed E-state index contributed by atoms with van der Waals surface area (Å²) in [5.41, 5.74) is 4.09. The van der Waals surface area contributed by atoms with Crippen molar-refractivity contribution in [2.45, 2.75) is 37.4 Å². The van der Waals surface area contributed by atoms with E-state index >= 15 is 0 Å². The van der Waals surface area contributed by atoms with Crippen molar-refractivity contribution in [3.63, 3.8) is 0 Å². The number of aryl methyl sites for hydroxylation is 2. The van der Waals surface area contributed by atoms with Gasteiger partial charge in [-0.25, -0.2) is 13.4 Å². The van der Waals surface area contributed by atoms with Crippen molar-refractivity contribution in [2.75, 3.05) is 18.0 Å². The van der Waals surface area contributed by atoms with Crippen LogP contribution in [-0.2, 0) is 21.4 Å². The van der Waals surface area contributed by atoms with E-state index in [-0.39, 0.29) is 12.5 Å². The molecule has 1 fully saturated rings. The van der Waals surface area contributed by atoms with Gasteiger partial charge in [0.15, 0.2) is 5.13 Å². The number of carbonyl (C=O) groups is 1. The number of hydrogen-bond acceptors (Lipinski definition) is 7. The molecule has 35 heavy (non-hydrogen) atoms. The van der Waals surface area contributed by atoms with Gasteiger partial charge < -0.3 is 0 Å². The van der Waals surface area contributed by atoms with Gasteiger partial charge in [-0.15, -0.1) is 11.3 Å². The standard InChI is InChI=1S/C25H26N4O3S3/c1-17-12-21-22(13-18(17)2)34-25(27-21)29(15-19-6-3-9-26-14-19)24(30)20-7-4-10-28(16-20)35(31,32)23-8-5-11-33-23/h3,5-6,8-9,11-14,20H,4,7,10,15-16H2,1-2H3. The van der Waals surface area contributed by atoms with Crippen molar-refractivity contribution < 1.29 is 13.2 Å². The summed E-state index contributed by atoms with van der Waals surface area (Å²) in [7, 11) is -3.61. The number of piperidine rings is 1. The molecule has 10 heteroatoms. The van der Waals surface area contributed by atoms with Crippen LogP contribution in [0.3, 0.4) is 0 Å². The Bertz CT molecular complexity index is 1410. The number of anilines is 1. The maximum Gasteiger partial charge on any atom is 0.252 e. The molecule has 1 aliphatic rings. The summed E-state index contributed by atoms with van der Waals surface area (Å²) >= 11 is 2.69. The van der Waals surface area contributed by atoms with Crippen LogP contribution in [0.1, 0.15) is 29.5 Å². The number of carbonyl (C=O) groups excluding carboxylic acids is 1. The molecule has 5 rings (SSSR count). The molecule has 3 aromatic heterocycles. The molecule has 4 aromatic rings. The summed E-state index contributed by atoms with van der Waals surface area (Å²) in [5.74, 6) is -0.543. The zero-order valence-electron chi connectivity index (χ0n) is 19.5. The smallest absolute Gasteiger partial charge is 0.252 e. The maximum atomic E-state index is 13.9. The number of pyridine rings is 1. The van der Waals surface area contributed by atoms with Crippen LogP contribution in [0.15, 0.2) is 58.4 Å². The number of sulfonamides is 1. The molecule has 0 spiro atoms. The third kappa shape index (κ3) is 4.88. The fourth-order valence-corrected chi connectivity index (χ4v) is 8.04. The van der Waals surface area contributed by atoms with Crippen LogP contribution in [0.25, 0.3) is 10.2 Å². The number of rotatable bonds is 6. The van der Waals surface area contributed by atoms with Gasteiger partial charge in [-0.2, -0.15) is 4.31 Å². The minimum atomic E-state index is -3.61. The molecule has 1 atom stereocenters. The molecule has 1 saturated heterocycles. The molecule has 1 aromatic carbocycles. The molecule has 0 radical (unpaired) electrons. The van der Waals surface area contributed by atoms with Crippen molar-refractivity contribution in [2.24, 2.45) is 5.92 Å². The Morgan fingerprint density at radius 1 is 1.20 bits per heavy atom. The van der Waals surface area contributed by atoms with E-state index in [1.54, 1.807) is 34.8 Å². The highest BCUT2D eigenvalue weighted by atomic mass is 32.2. The summed E-state index contributed by atoms with van der Waals surface area (Å²) in [4.78, 5) is 24.6. The summed E-state index contributed by atoms with van der Waals surface area (Å²) in [6, 6.07) is 11.3. The number of aromatic nitrogens is 2. The monoisotopic (exact) mass is 526 g/mol. The third-order valence-electron chi connectivity index (χ3n) is 6.38. The van der Waals surface area contributed by atoms with Crippen molar-refractivity contribution in [1.82, 2.24) is 14.3 Å². The Hall–Kier alpha value is -2.66. The molecule has 0 saturated carbocycles.